The zero-order valence-electron chi connectivity index (χ0n) is 15.7. The van der Waals surface area contributed by atoms with Crippen molar-refractivity contribution in [1.29, 1.82) is 0 Å². The van der Waals surface area contributed by atoms with Crippen molar-refractivity contribution in [2.45, 2.75) is 6.92 Å². The lowest BCUT2D eigenvalue weighted by Crippen LogP contribution is -2.47. The van der Waals surface area contributed by atoms with E-state index in [1.54, 1.807) is 18.6 Å². The molecule has 3 heterocycles. The summed E-state index contributed by atoms with van der Waals surface area (Å²) < 4.78 is 0. The Labute approximate surface area is 164 Å². The van der Waals surface area contributed by atoms with E-state index in [1.165, 1.54) is 0 Å². The van der Waals surface area contributed by atoms with Crippen LogP contribution in [0.15, 0.2) is 61.1 Å². The molecule has 28 heavy (non-hydrogen) atoms. The Bertz CT molecular complexity index is 919. The van der Waals surface area contributed by atoms with Crippen LogP contribution in [-0.4, -0.2) is 47.0 Å². The largest absolute Gasteiger partial charge is 0.367 e. The highest BCUT2D eigenvalue weighted by Gasteiger charge is 2.19. The summed E-state index contributed by atoms with van der Waals surface area (Å²) in [6.07, 6.45) is 5.34. The van der Waals surface area contributed by atoms with Gasteiger partial charge in [-0.3, -0.25) is 4.79 Å². The molecule has 1 fully saturated rings. The number of anilines is 3. The molecule has 0 aliphatic carbocycles. The number of pyridine rings is 1. The summed E-state index contributed by atoms with van der Waals surface area (Å²) in [6, 6.07) is 13.1. The Kier molecular flexibility index (Phi) is 5.14. The molecule has 1 amide bonds. The third kappa shape index (κ3) is 4.09. The summed E-state index contributed by atoms with van der Waals surface area (Å²) in [5, 5.41) is 2.84. The number of aromatic nitrogens is 3. The number of piperazine rings is 1. The van der Waals surface area contributed by atoms with Crippen molar-refractivity contribution < 1.29 is 4.79 Å². The molecule has 0 atom stereocenters. The number of hydrogen-bond acceptors (Lipinski definition) is 6. The smallest absolute Gasteiger partial charge is 0.256 e. The third-order valence-electron chi connectivity index (χ3n) is 4.78. The second kappa shape index (κ2) is 8.04. The van der Waals surface area contributed by atoms with Gasteiger partial charge in [-0.1, -0.05) is 17.7 Å². The summed E-state index contributed by atoms with van der Waals surface area (Å²) in [6.45, 7) is 5.45. The number of carbonyl (C=O) groups is 1. The van der Waals surface area contributed by atoms with E-state index in [-0.39, 0.29) is 5.91 Å². The van der Waals surface area contributed by atoms with Gasteiger partial charge >= 0.3 is 0 Å². The van der Waals surface area contributed by atoms with Gasteiger partial charge in [0.1, 0.15) is 5.82 Å². The standard InChI is InChI=1S/C21H22N6O/c1-16-3-5-17(6-4-16)20(28)25-19-8-7-18(15-24-19)26-11-13-27(14-12-26)21-22-9-2-10-23-21/h2-10,15H,11-14H2,1H3,(H,24,25,28). The number of nitrogens with one attached hydrogen (secondary N) is 1. The van der Waals surface area contributed by atoms with Crippen molar-refractivity contribution in [2.75, 3.05) is 41.3 Å². The first kappa shape index (κ1) is 17.9. The zero-order chi connectivity index (χ0) is 19.3. The molecular weight excluding hydrogens is 352 g/mol. The summed E-state index contributed by atoms with van der Waals surface area (Å²) in [4.78, 5) is 29.8. The molecule has 4 rings (SSSR count). The molecule has 7 heteroatoms. The van der Waals surface area contributed by atoms with Crippen LogP contribution in [-0.2, 0) is 0 Å². The lowest BCUT2D eigenvalue weighted by molar-refractivity contribution is 0.102. The fourth-order valence-corrected chi connectivity index (χ4v) is 3.16. The minimum absolute atomic E-state index is 0.156. The van der Waals surface area contributed by atoms with Crippen LogP contribution in [0, 0.1) is 6.92 Å². The number of amides is 1. The molecule has 0 radical (unpaired) electrons. The van der Waals surface area contributed by atoms with Crippen LogP contribution in [0.4, 0.5) is 17.5 Å². The maximum atomic E-state index is 12.3. The summed E-state index contributed by atoms with van der Waals surface area (Å²) >= 11 is 0. The molecule has 0 spiro atoms. The first-order valence-corrected chi connectivity index (χ1v) is 9.30. The number of benzene rings is 1. The van der Waals surface area contributed by atoms with Crippen molar-refractivity contribution in [3.8, 4) is 0 Å². The third-order valence-corrected chi connectivity index (χ3v) is 4.78. The van der Waals surface area contributed by atoms with Crippen molar-refractivity contribution in [1.82, 2.24) is 15.0 Å². The Hall–Kier alpha value is -3.48. The first-order valence-electron chi connectivity index (χ1n) is 9.30. The molecule has 0 saturated carbocycles. The highest BCUT2D eigenvalue weighted by molar-refractivity contribution is 6.03. The monoisotopic (exact) mass is 374 g/mol. The molecule has 1 N–H and O–H groups in total. The quantitative estimate of drug-likeness (QED) is 0.757. The van der Waals surface area contributed by atoms with Gasteiger partial charge < -0.3 is 15.1 Å². The van der Waals surface area contributed by atoms with E-state index >= 15 is 0 Å². The van der Waals surface area contributed by atoms with Gasteiger partial charge in [0.25, 0.3) is 5.91 Å². The number of rotatable bonds is 4. The maximum Gasteiger partial charge on any atom is 0.256 e. The number of aryl methyl sites for hydroxylation is 1. The van der Waals surface area contributed by atoms with Crippen LogP contribution in [0.1, 0.15) is 15.9 Å². The Morgan fingerprint density at radius 1 is 0.893 bits per heavy atom. The maximum absolute atomic E-state index is 12.3. The van der Waals surface area contributed by atoms with E-state index in [9.17, 15) is 4.79 Å². The molecule has 1 saturated heterocycles. The number of hydrogen-bond donors (Lipinski definition) is 1. The molecule has 142 valence electrons. The van der Waals surface area contributed by atoms with Crippen molar-refractivity contribution in [2.24, 2.45) is 0 Å². The van der Waals surface area contributed by atoms with Gasteiger partial charge in [-0.25, -0.2) is 15.0 Å². The van der Waals surface area contributed by atoms with E-state index in [2.05, 4.69) is 30.1 Å². The van der Waals surface area contributed by atoms with Crippen LogP contribution in [0.3, 0.4) is 0 Å². The van der Waals surface area contributed by atoms with Crippen LogP contribution >= 0.6 is 0 Å². The summed E-state index contributed by atoms with van der Waals surface area (Å²) in [5.41, 5.74) is 2.79. The van der Waals surface area contributed by atoms with E-state index < -0.39 is 0 Å². The van der Waals surface area contributed by atoms with Gasteiger partial charge in [0.05, 0.1) is 11.9 Å². The van der Waals surface area contributed by atoms with E-state index in [1.807, 2.05) is 49.4 Å². The van der Waals surface area contributed by atoms with Crippen LogP contribution in [0.25, 0.3) is 0 Å². The van der Waals surface area contributed by atoms with Gasteiger partial charge in [-0.15, -0.1) is 0 Å². The fraction of sp³-hybridized carbons (Fsp3) is 0.238. The zero-order valence-corrected chi connectivity index (χ0v) is 15.7. The molecule has 3 aromatic rings. The second-order valence-corrected chi connectivity index (χ2v) is 6.74. The Morgan fingerprint density at radius 2 is 1.57 bits per heavy atom. The first-order chi connectivity index (χ1) is 13.7. The van der Waals surface area contributed by atoms with E-state index in [0.29, 0.717) is 11.4 Å². The fourth-order valence-electron chi connectivity index (χ4n) is 3.16. The Balaban J connectivity index is 1.35. The molecule has 7 nitrogen and oxygen atoms in total. The second-order valence-electron chi connectivity index (χ2n) is 6.74. The highest BCUT2D eigenvalue weighted by atomic mass is 16.1. The predicted octanol–water partition coefficient (Wildman–Crippen LogP) is 2.76. The SMILES string of the molecule is Cc1ccc(C(=O)Nc2ccc(N3CCN(c4ncccn4)CC3)cn2)cc1. The normalized spacial score (nSPS) is 14.0. The van der Waals surface area contributed by atoms with Crippen molar-refractivity contribution in [3.63, 3.8) is 0 Å². The molecule has 1 aliphatic rings. The summed E-state index contributed by atoms with van der Waals surface area (Å²) in [5.74, 6) is 1.16. The molecular formula is C21H22N6O. The van der Waals surface area contributed by atoms with Crippen LogP contribution < -0.4 is 15.1 Å². The number of carbonyl (C=O) groups excluding carboxylic acids is 1. The van der Waals surface area contributed by atoms with Gasteiger partial charge in [-0.05, 0) is 37.3 Å². The molecule has 2 aromatic heterocycles. The molecule has 1 aromatic carbocycles. The van der Waals surface area contributed by atoms with E-state index in [0.717, 1.165) is 43.4 Å². The molecule has 1 aliphatic heterocycles. The van der Waals surface area contributed by atoms with E-state index in [4.69, 9.17) is 0 Å². The average molecular weight is 374 g/mol. The molecule has 0 unspecified atom stereocenters. The van der Waals surface area contributed by atoms with Crippen LogP contribution in [0.5, 0.6) is 0 Å². The van der Waals surface area contributed by atoms with Crippen LogP contribution in [0.2, 0.25) is 0 Å². The predicted molar refractivity (Wildman–Crippen MR) is 110 cm³/mol. The van der Waals surface area contributed by atoms with Gasteiger partial charge in [0.2, 0.25) is 5.95 Å². The van der Waals surface area contributed by atoms with Crippen molar-refractivity contribution in [3.05, 3.63) is 72.2 Å². The lowest BCUT2D eigenvalue weighted by Gasteiger charge is -2.35. The number of nitrogens with zero attached hydrogens (tertiary/aromatic N) is 5. The minimum Gasteiger partial charge on any atom is -0.367 e. The molecule has 0 bridgehead atoms. The average Bonchev–Trinajstić information content (AvgIpc) is 2.75. The minimum atomic E-state index is -0.156. The summed E-state index contributed by atoms with van der Waals surface area (Å²) in [7, 11) is 0. The highest BCUT2D eigenvalue weighted by Crippen LogP contribution is 2.19. The Morgan fingerprint density at radius 3 is 2.21 bits per heavy atom. The van der Waals surface area contributed by atoms with Gasteiger partial charge in [0, 0.05) is 44.1 Å². The van der Waals surface area contributed by atoms with Gasteiger partial charge in [-0.2, -0.15) is 0 Å². The topological polar surface area (TPSA) is 74.2 Å². The van der Waals surface area contributed by atoms with Gasteiger partial charge in [0.15, 0.2) is 0 Å². The van der Waals surface area contributed by atoms with Crippen molar-refractivity contribution >= 4 is 23.4 Å². The lowest BCUT2D eigenvalue weighted by atomic mass is 10.1.